The van der Waals surface area contributed by atoms with Gasteiger partial charge in [-0.3, -0.25) is 4.79 Å². The van der Waals surface area contributed by atoms with Crippen LogP contribution in [-0.4, -0.2) is 43.9 Å². The van der Waals surface area contributed by atoms with Gasteiger partial charge in [-0.05, 0) is 50.1 Å². The van der Waals surface area contributed by atoms with E-state index in [0.29, 0.717) is 31.2 Å². The summed E-state index contributed by atoms with van der Waals surface area (Å²) in [4.78, 5) is 24.1. The van der Waals surface area contributed by atoms with Gasteiger partial charge in [-0.1, -0.05) is 6.07 Å². The Hall–Kier alpha value is -3.73. The highest BCUT2D eigenvalue weighted by molar-refractivity contribution is 5.80. The third-order valence-corrected chi connectivity index (χ3v) is 6.03. The van der Waals surface area contributed by atoms with Gasteiger partial charge in [0.2, 0.25) is 0 Å². The van der Waals surface area contributed by atoms with Crippen LogP contribution in [0.1, 0.15) is 34.6 Å². The van der Waals surface area contributed by atoms with Crippen molar-refractivity contribution in [2.24, 2.45) is 0 Å². The lowest BCUT2D eigenvalue weighted by molar-refractivity contribution is -0.139. The van der Waals surface area contributed by atoms with Gasteiger partial charge in [0.15, 0.2) is 5.82 Å². The maximum absolute atomic E-state index is 13.7. The molecule has 0 amide bonds. The number of pyridine rings is 1. The molecular formula is C24H23F3N6O2. The molecule has 2 N–H and O–H groups in total. The number of nitrogens with one attached hydrogen (secondary N) is 2. The number of fused-ring (bicyclic) bond motifs is 1. The minimum Gasteiger partial charge on any atom is -0.488 e. The molecule has 182 valence electrons. The molecule has 4 aromatic rings. The standard InChI is InChI=1S/C24H23F3N6O2/c1-13-12-33(32-14(13)2)22-4-3-15(10-29-22)7-21-30-19-9-20(35-16-5-6-28-11-16)18(24(25,26)27)8-17(19)23(34)31-21/h3-4,8-10,12,16,28H,5-7,11H2,1-2H3,(H,30,31,34)/t16-/m1/s1. The monoisotopic (exact) mass is 484 g/mol. The Morgan fingerprint density at radius 3 is 2.69 bits per heavy atom. The average Bonchev–Trinajstić information content (AvgIpc) is 3.42. The van der Waals surface area contributed by atoms with Crippen molar-refractivity contribution < 1.29 is 17.9 Å². The van der Waals surface area contributed by atoms with Crippen LogP contribution in [-0.2, 0) is 12.6 Å². The van der Waals surface area contributed by atoms with Gasteiger partial charge in [0.1, 0.15) is 17.7 Å². The van der Waals surface area contributed by atoms with Gasteiger partial charge in [-0.15, -0.1) is 0 Å². The van der Waals surface area contributed by atoms with Gasteiger partial charge < -0.3 is 15.0 Å². The number of halogens is 3. The van der Waals surface area contributed by atoms with E-state index in [2.05, 4.69) is 25.4 Å². The minimum atomic E-state index is -4.67. The number of ether oxygens (including phenoxy) is 1. The van der Waals surface area contributed by atoms with E-state index in [1.54, 1.807) is 16.9 Å². The summed E-state index contributed by atoms with van der Waals surface area (Å²) in [6.45, 7) is 5.02. The number of rotatable bonds is 5. The topological polar surface area (TPSA) is 97.7 Å². The first kappa shape index (κ1) is 23.0. The molecule has 4 heterocycles. The molecule has 11 heteroatoms. The zero-order valence-electron chi connectivity index (χ0n) is 19.1. The Bertz CT molecular complexity index is 1420. The van der Waals surface area contributed by atoms with Crippen molar-refractivity contribution in [2.45, 2.75) is 39.0 Å². The number of hydrogen-bond acceptors (Lipinski definition) is 6. The third kappa shape index (κ3) is 4.76. The molecule has 0 saturated carbocycles. The lowest BCUT2D eigenvalue weighted by Crippen LogP contribution is -2.22. The Kier molecular flexibility index (Phi) is 5.79. The number of aryl methyl sites for hydroxylation is 2. The van der Waals surface area contributed by atoms with E-state index >= 15 is 0 Å². The van der Waals surface area contributed by atoms with Gasteiger partial charge in [0.05, 0.1) is 22.2 Å². The molecule has 0 spiro atoms. The van der Waals surface area contributed by atoms with Crippen LogP contribution < -0.4 is 15.6 Å². The quantitative estimate of drug-likeness (QED) is 0.450. The number of aromatic nitrogens is 5. The number of alkyl halides is 3. The molecule has 35 heavy (non-hydrogen) atoms. The van der Waals surface area contributed by atoms with Gasteiger partial charge in [-0.2, -0.15) is 18.3 Å². The maximum Gasteiger partial charge on any atom is 0.419 e. The first-order valence-corrected chi connectivity index (χ1v) is 11.2. The van der Waals surface area contributed by atoms with Gasteiger partial charge in [0.25, 0.3) is 5.56 Å². The molecule has 1 aliphatic heterocycles. The van der Waals surface area contributed by atoms with Crippen molar-refractivity contribution in [3.05, 3.63) is 75.2 Å². The minimum absolute atomic E-state index is 0.143. The van der Waals surface area contributed by atoms with E-state index in [0.717, 1.165) is 22.9 Å². The Labute approximate surface area is 198 Å². The summed E-state index contributed by atoms with van der Waals surface area (Å²) in [5.74, 6) is 0.641. The van der Waals surface area contributed by atoms with Crippen LogP contribution in [0.4, 0.5) is 13.2 Å². The van der Waals surface area contributed by atoms with Crippen LogP contribution in [0.3, 0.4) is 0 Å². The molecule has 5 rings (SSSR count). The first-order chi connectivity index (χ1) is 16.7. The Balaban J connectivity index is 1.46. The van der Waals surface area contributed by atoms with Crippen LogP contribution in [0, 0.1) is 13.8 Å². The average molecular weight is 484 g/mol. The molecule has 0 radical (unpaired) electrons. The summed E-state index contributed by atoms with van der Waals surface area (Å²) in [7, 11) is 0. The molecule has 8 nitrogen and oxygen atoms in total. The number of H-pyrrole nitrogens is 1. The molecule has 1 fully saturated rings. The summed E-state index contributed by atoms with van der Waals surface area (Å²) in [5, 5.41) is 7.33. The van der Waals surface area contributed by atoms with Crippen molar-refractivity contribution in [3.8, 4) is 11.6 Å². The highest BCUT2D eigenvalue weighted by Gasteiger charge is 2.36. The molecule has 1 saturated heterocycles. The first-order valence-electron chi connectivity index (χ1n) is 11.2. The van der Waals surface area contributed by atoms with E-state index in [9.17, 15) is 18.0 Å². The lowest BCUT2D eigenvalue weighted by atomic mass is 10.1. The predicted molar refractivity (Wildman–Crippen MR) is 123 cm³/mol. The fourth-order valence-corrected chi connectivity index (χ4v) is 4.04. The number of hydrogen-bond donors (Lipinski definition) is 2. The normalized spacial score (nSPS) is 16.2. The SMILES string of the molecule is Cc1cn(-c2ccc(Cc3nc4cc(O[C@@H]5CCNC5)c(C(F)(F)F)cc4c(=O)[nH]3)cn2)nc1C. The fourth-order valence-electron chi connectivity index (χ4n) is 4.04. The van der Waals surface area contributed by atoms with Crippen molar-refractivity contribution in [1.29, 1.82) is 0 Å². The highest BCUT2D eigenvalue weighted by atomic mass is 19.4. The van der Waals surface area contributed by atoms with E-state index in [-0.39, 0.29) is 29.2 Å². The molecular weight excluding hydrogens is 461 g/mol. The van der Waals surface area contributed by atoms with E-state index in [1.165, 1.54) is 6.07 Å². The summed E-state index contributed by atoms with van der Waals surface area (Å²) in [5.41, 5.74) is 1.25. The van der Waals surface area contributed by atoms with E-state index in [1.807, 2.05) is 26.1 Å². The Morgan fingerprint density at radius 2 is 2.06 bits per heavy atom. The molecule has 0 unspecified atom stereocenters. The van der Waals surface area contributed by atoms with E-state index in [4.69, 9.17) is 4.74 Å². The summed E-state index contributed by atoms with van der Waals surface area (Å²) in [6, 6.07) is 5.66. The summed E-state index contributed by atoms with van der Waals surface area (Å²) >= 11 is 0. The molecule has 1 atom stereocenters. The number of aromatic amines is 1. The largest absolute Gasteiger partial charge is 0.488 e. The zero-order chi connectivity index (χ0) is 24.7. The second kappa shape index (κ2) is 8.81. The second-order valence-electron chi connectivity index (χ2n) is 8.65. The smallest absolute Gasteiger partial charge is 0.419 e. The number of nitrogens with zero attached hydrogens (tertiary/aromatic N) is 4. The number of benzene rings is 1. The van der Waals surface area contributed by atoms with Crippen LogP contribution >= 0.6 is 0 Å². The Morgan fingerprint density at radius 1 is 1.23 bits per heavy atom. The van der Waals surface area contributed by atoms with Crippen LogP contribution in [0.5, 0.6) is 5.75 Å². The molecule has 1 aromatic carbocycles. The molecule has 3 aromatic heterocycles. The van der Waals surface area contributed by atoms with Crippen molar-refractivity contribution in [2.75, 3.05) is 13.1 Å². The third-order valence-electron chi connectivity index (χ3n) is 6.03. The molecule has 0 aliphatic carbocycles. The maximum atomic E-state index is 13.7. The zero-order valence-corrected chi connectivity index (χ0v) is 19.1. The van der Waals surface area contributed by atoms with Crippen molar-refractivity contribution in [1.82, 2.24) is 30.0 Å². The van der Waals surface area contributed by atoms with Crippen LogP contribution in [0.15, 0.2) is 41.5 Å². The molecule has 0 bridgehead atoms. The van der Waals surface area contributed by atoms with Gasteiger partial charge >= 0.3 is 6.18 Å². The summed E-state index contributed by atoms with van der Waals surface area (Å²) < 4.78 is 48.4. The van der Waals surface area contributed by atoms with E-state index < -0.39 is 17.3 Å². The molecule has 1 aliphatic rings. The summed E-state index contributed by atoms with van der Waals surface area (Å²) in [6.07, 6.45) is -0.651. The fraction of sp³-hybridized carbons (Fsp3) is 0.333. The van der Waals surface area contributed by atoms with Crippen LogP contribution in [0.25, 0.3) is 16.7 Å². The van der Waals surface area contributed by atoms with Gasteiger partial charge in [-0.25, -0.2) is 14.6 Å². The van der Waals surface area contributed by atoms with Crippen LogP contribution in [0.2, 0.25) is 0 Å². The second-order valence-corrected chi connectivity index (χ2v) is 8.65. The predicted octanol–water partition coefficient (Wildman–Crippen LogP) is 3.47. The van der Waals surface area contributed by atoms with Crippen molar-refractivity contribution in [3.63, 3.8) is 0 Å². The van der Waals surface area contributed by atoms with Gasteiger partial charge in [0, 0.05) is 31.4 Å². The van der Waals surface area contributed by atoms with Crippen molar-refractivity contribution >= 4 is 10.9 Å². The highest BCUT2D eigenvalue weighted by Crippen LogP contribution is 2.38. The lowest BCUT2D eigenvalue weighted by Gasteiger charge is -2.18.